The van der Waals surface area contributed by atoms with Crippen molar-refractivity contribution in [3.05, 3.63) is 188 Å². The monoisotopic (exact) mass is 1080 g/mol. The van der Waals surface area contributed by atoms with Crippen LogP contribution in [0, 0.1) is 0 Å². The number of aliphatic hydroxyl groups is 1. The molecule has 6 aromatic carbocycles. The van der Waals surface area contributed by atoms with Crippen LogP contribution in [-0.4, -0.2) is 34.9 Å². The van der Waals surface area contributed by atoms with E-state index < -0.39 is 35.5 Å². The highest BCUT2D eigenvalue weighted by Gasteiger charge is 2.61. The molecule has 2 fully saturated rings. The Morgan fingerprint density at radius 1 is 0.452 bits per heavy atom. The lowest BCUT2D eigenvalue weighted by molar-refractivity contribution is -0.135. The van der Waals surface area contributed by atoms with E-state index in [4.69, 9.17) is 8.83 Å². The van der Waals surface area contributed by atoms with Gasteiger partial charge in [0, 0.05) is 34.4 Å². The Bertz CT molecular complexity index is 2860. The van der Waals surface area contributed by atoms with Crippen molar-refractivity contribution in [2.24, 2.45) is 0 Å². The van der Waals surface area contributed by atoms with Gasteiger partial charge < -0.3 is 13.9 Å². The molecule has 2 aliphatic rings. The maximum atomic E-state index is 13.6. The third kappa shape index (κ3) is 8.14. The molecule has 308 valence electrons. The smallest absolute Gasteiger partial charge is 0.343 e. The summed E-state index contributed by atoms with van der Waals surface area (Å²) in [6.45, 7) is 0. The van der Waals surface area contributed by atoms with Crippen LogP contribution in [0.4, 0.5) is 32.3 Å². The van der Waals surface area contributed by atoms with Crippen molar-refractivity contribution >= 4 is 138 Å². The van der Waals surface area contributed by atoms with Gasteiger partial charge >= 0.3 is 23.9 Å². The lowest BCUT2D eigenvalue weighted by Crippen LogP contribution is -2.47. The summed E-state index contributed by atoms with van der Waals surface area (Å²) < 4.78 is 14.2. The number of rotatable bonds is 5. The van der Waals surface area contributed by atoms with Crippen LogP contribution >= 0.6 is 63.7 Å². The standard InChI is InChI=1S/C23H14Br2N2O4.C15H8Br2N2O3.C8H6O/c24-15-5-9-17(10-6-15)26-21(28)23(30,20-13-14-3-1-2-4-19(14)31-20)27(22(26)29)18-11-7-16(25)8-12-18;16-9-1-5-11(6-2-9)18-13(20)14(21)19(15(18)22)12-7-3-10(17)4-8-12;1-2-4-8-7(3-1)5-6-9-8/h1-13,30H;1-8H;1-6H. The summed E-state index contributed by atoms with van der Waals surface area (Å²) in [5.41, 5.74) is 0.507. The second kappa shape index (κ2) is 17.7. The first-order valence-corrected chi connectivity index (χ1v) is 21.6. The molecule has 62 heavy (non-hydrogen) atoms. The molecule has 7 amide bonds. The second-order valence-corrected chi connectivity index (χ2v) is 17.2. The largest absolute Gasteiger partial charge is 0.464 e. The molecule has 2 saturated heterocycles. The van der Waals surface area contributed by atoms with Crippen molar-refractivity contribution in [1.29, 1.82) is 0 Å². The van der Waals surface area contributed by atoms with E-state index in [2.05, 4.69) is 63.7 Å². The third-order valence-corrected chi connectivity index (χ3v) is 11.8. The van der Waals surface area contributed by atoms with Gasteiger partial charge in [0.15, 0.2) is 5.76 Å². The lowest BCUT2D eigenvalue weighted by atomic mass is 10.1. The zero-order valence-electron chi connectivity index (χ0n) is 31.7. The van der Waals surface area contributed by atoms with E-state index in [0.29, 0.717) is 33.7 Å². The fraction of sp³-hybridized carbons (Fsp3) is 0.0217. The number of halogens is 4. The van der Waals surface area contributed by atoms with Gasteiger partial charge in [-0.05, 0) is 121 Å². The Morgan fingerprint density at radius 3 is 1.34 bits per heavy atom. The van der Waals surface area contributed by atoms with Crippen LogP contribution in [0.3, 0.4) is 0 Å². The maximum absolute atomic E-state index is 13.6. The normalized spacial score (nSPS) is 16.2. The highest BCUT2D eigenvalue weighted by atomic mass is 79.9. The number of furan rings is 2. The number of anilines is 4. The molecule has 16 heteroatoms. The zero-order valence-corrected chi connectivity index (χ0v) is 38.0. The summed E-state index contributed by atoms with van der Waals surface area (Å²) in [5, 5.41) is 13.6. The molecule has 8 aromatic rings. The minimum absolute atomic E-state index is 0.0328. The van der Waals surface area contributed by atoms with Gasteiger partial charge in [-0.2, -0.15) is 0 Å². The topological polar surface area (TPSA) is 145 Å². The van der Waals surface area contributed by atoms with Crippen molar-refractivity contribution < 1.29 is 37.9 Å². The van der Waals surface area contributed by atoms with Crippen LogP contribution in [0.2, 0.25) is 0 Å². The van der Waals surface area contributed by atoms with E-state index in [-0.39, 0.29) is 5.76 Å². The number of nitrogens with zero attached hydrogens (tertiary/aromatic N) is 4. The molecule has 1 unspecified atom stereocenters. The van der Waals surface area contributed by atoms with Crippen molar-refractivity contribution in [2.45, 2.75) is 5.72 Å². The molecule has 1 N–H and O–H groups in total. The van der Waals surface area contributed by atoms with Crippen molar-refractivity contribution in [1.82, 2.24) is 0 Å². The van der Waals surface area contributed by atoms with Crippen molar-refractivity contribution in [3.8, 4) is 0 Å². The summed E-state index contributed by atoms with van der Waals surface area (Å²) in [5.74, 6) is -2.58. The van der Waals surface area contributed by atoms with Crippen LogP contribution in [-0.2, 0) is 20.1 Å². The first kappa shape index (κ1) is 42.5. The Hall–Kier alpha value is -6.17. The molecule has 0 spiro atoms. The Balaban J connectivity index is 0.000000147. The van der Waals surface area contributed by atoms with Gasteiger partial charge in [0.2, 0.25) is 0 Å². The molecule has 4 heterocycles. The maximum Gasteiger partial charge on any atom is 0.343 e. The SMILES string of the molecule is O=C1C(=O)N(c2ccc(Br)cc2)C(=O)N1c1ccc(Br)cc1.O=C1N(c2ccc(Br)cc2)C(=O)C(O)(c2cc3ccccc3o2)N1c1ccc(Br)cc1.c1ccc2occc2c1. The van der Waals surface area contributed by atoms with Crippen molar-refractivity contribution in [3.63, 3.8) is 0 Å². The lowest BCUT2D eigenvalue weighted by Gasteiger charge is -2.28. The van der Waals surface area contributed by atoms with Crippen LogP contribution in [0.1, 0.15) is 5.76 Å². The predicted octanol–water partition coefficient (Wildman–Crippen LogP) is 11.9. The number of para-hydroxylation sites is 2. The summed E-state index contributed by atoms with van der Waals surface area (Å²) in [6, 6.07) is 43.9. The summed E-state index contributed by atoms with van der Waals surface area (Å²) in [6.07, 6.45) is 1.70. The molecule has 0 radical (unpaired) electrons. The molecular formula is C46H28Br4N4O8. The Morgan fingerprint density at radius 2 is 0.871 bits per heavy atom. The van der Waals surface area contributed by atoms with Crippen LogP contribution in [0.25, 0.3) is 21.9 Å². The average Bonchev–Trinajstić information content (AvgIpc) is 4.03. The highest BCUT2D eigenvalue weighted by Crippen LogP contribution is 2.43. The van der Waals surface area contributed by atoms with Gasteiger partial charge in [-0.1, -0.05) is 100 Å². The summed E-state index contributed by atoms with van der Waals surface area (Å²) in [7, 11) is 0. The number of carbonyl (C=O) groups is 5. The van der Waals surface area contributed by atoms with E-state index in [1.54, 1.807) is 122 Å². The van der Waals surface area contributed by atoms with Gasteiger partial charge in [0.05, 0.1) is 23.3 Å². The molecule has 2 aromatic heterocycles. The molecule has 0 bridgehead atoms. The number of hydrogen-bond acceptors (Lipinski definition) is 8. The zero-order chi connectivity index (χ0) is 43.7. The molecule has 0 saturated carbocycles. The summed E-state index contributed by atoms with van der Waals surface area (Å²) >= 11 is 13.3. The van der Waals surface area contributed by atoms with Gasteiger partial charge in [0.1, 0.15) is 11.2 Å². The number of urea groups is 2. The van der Waals surface area contributed by atoms with E-state index >= 15 is 0 Å². The minimum atomic E-state index is -2.35. The second-order valence-electron chi connectivity index (χ2n) is 13.5. The first-order chi connectivity index (χ1) is 29.8. The average molecular weight is 1080 g/mol. The number of benzene rings is 6. The third-order valence-electron chi connectivity index (χ3n) is 9.65. The van der Waals surface area contributed by atoms with Gasteiger partial charge in [-0.15, -0.1) is 0 Å². The highest BCUT2D eigenvalue weighted by molar-refractivity contribution is 9.11. The quantitative estimate of drug-likeness (QED) is 0.132. The predicted molar refractivity (Wildman–Crippen MR) is 249 cm³/mol. The Labute approximate surface area is 386 Å². The number of imide groups is 3. The molecule has 2 aliphatic heterocycles. The van der Waals surface area contributed by atoms with E-state index in [1.807, 2.05) is 42.5 Å². The van der Waals surface area contributed by atoms with E-state index in [0.717, 1.165) is 48.5 Å². The fourth-order valence-corrected chi connectivity index (χ4v) is 7.72. The minimum Gasteiger partial charge on any atom is -0.464 e. The summed E-state index contributed by atoms with van der Waals surface area (Å²) in [4.78, 5) is 67.6. The number of hydrogen-bond donors (Lipinski definition) is 1. The number of fused-ring (bicyclic) bond motifs is 2. The van der Waals surface area contributed by atoms with Gasteiger partial charge in [0.25, 0.3) is 11.6 Å². The Kier molecular flexibility index (Phi) is 12.1. The molecule has 0 aliphatic carbocycles. The van der Waals surface area contributed by atoms with Gasteiger partial charge in [-0.3, -0.25) is 14.4 Å². The number of amides is 7. The molecule has 12 nitrogen and oxygen atoms in total. The molecule has 10 rings (SSSR count). The molecular weight excluding hydrogens is 1060 g/mol. The van der Waals surface area contributed by atoms with E-state index in [9.17, 15) is 29.1 Å². The van der Waals surface area contributed by atoms with Crippen LogP contribution < -0.4 is 19.6 Å². The fourth-order valence-electron chi connectivity index (χ4n) is 6.66. The molecule has 1 atom stereocenters. The van der Waals surface area contributed by atoms with Crippen LogP contribution in [0.15, 0.2) is 191 Å². The number of carbonyl (C=O) groups excluding carboxylic acids is 5. The van der Waals surface area contributed by atoms with Crippen molar-refractivity contribution in [2.75, 3.05) is 19.6 Å². The van der Waals surface area contributed by atoms with Gasteiger partial charge in [-0.25, -0.2) is 29.2 Å². The van der Waals surface area contributed by atoms with Crippen LogP contribution in [0.5, 0.6) is 0 Å². The van der Waals surface area contributed by atoms with E-state index in [1.165, 1.54) is 0 Å². The first-order valence-electron chi connectivity index (χ1n) is 18.4.